The average Bonchev–Trinajstić information content (AvgIpc) is 2.61. The largest absolute Gasteiger partial charge is 0.461 e. The van der Waals surface area contributed by atoms with Gasteiger partial charge < -0.3 is 15.2 Å². The molecule has 0 bridgehead atoms. The van der Waals surface area contributed by atoms with Gasteiger partial charge in [-0.25, -0.2) is 9.67 Å². The van der Waals surface area contributed by atoms with Crippen LogP contribution in [-0.2, 0) is 20.8 Å². The lowest BCUT2D eigenvalue weighted by Gasteiger charge is -2.31. The second kappa shape index (κ2) is 5.34. The number of carbonyl (C=O) groups excluding carboxylic acids is 1. The van der Waals surface area contributed by atoms with Crippen molar-refractivity contribution in [3.05, 3.63) is 6.33 Å². The van der Waals surface area contributed by atoms with Gasteiger partial charge in [0.05, 0.1) is 12.2 Å². The lowest BCUT2D eigenvalue weighted by Crippen LogP contribution is -2.36. The number of hydrogen-bond acceptors (Lipinski definition) is 6. The van der Waals surface area contributed by atoms with Crippen LogP contribution in [0.4, 0.5) is 5.95 Å². The van der Waals surface area contributed by atoms with E-state index in [2.05, 4.69) is 10.1 Å². The number of rotatable bonds is 3. The van der Waals surface area contributed by atoms with Crippen molar-refractivity contribution >= 4 is 11.9 Å². The maximum Gasteiger partial charge on any atom is 0.328 e. The van der Waals surface area contributed by atoms with E-state index in [1.807, 2.05) is 13.8 Å². The van der Waals surface area contributed by atoms with Gasteiger partial charge in [0.15, 0.2) is 0 Å². The number of esters is 1. The zero-order valence-electron chi connectivity index (χ0n) is 10.6. The monoisotopic (exact) mass is 254 g/mol. The molecule has 1 aromatic heterocycles. The highest BCUT2D eigenvalue weighted by Crippen LogP contribution is 2.21. The summed E-state index contributed by atoms with van der Waals surface area (Å²) in [7, 11) is 0. The Labute approximate surface area is 105 Å². The van der Waals surface area contributed by atoms with Crippen LogP contribution in [0.25, 0.3) is 0 Å². The van der Waals surface area contributed by atoms with Crippen molar-refractivity contribution in [2.24, 2.45) is 0 Å². The third-order valence-electron chi connectivity index (χ3n) is 2.80. The smallest absolute Gasteiger partial charge is 0.328 e. The van der Waals surface area contributed by atoms with E-state index in [9.17, 15) is 4.79 Å². The summed E-state index contributed by atoms with van der Waals surface area (Å²) in [5, 5.41) is 3.83. The normalized spacial score (nSPS) is 28.0. The van der Waals surface area contributed by atoms with Crippen molar-refractivity contribution in [2.75, 3.05) is 5.73 Å². The van der Waals surface area contributed by atoms with Crippen molar-refractivity contribution < 1.29 is 14.3 Å². The molecule has 2 atom stereocenters. The van der Waals surface area contributed by atoms with Crippen molar-refractivity contribution in [1.82, 2.24) is 14.8 Å². The van der Waals surface area contributed by atoms with Crippen LogP contribution in [0, 0.1) is 0 Å². The Kier molecular flexibility index (Phi) is 3.81. The Bertz CT molecular complexity index is 410. The van der Waals surface area contributed by atoms with Gasteiger partial charge in [0.25, 0.3) is 0 Å². The van der Waals surface area contributed by atoms with E-state index >= 15 is 0 Å². The van der Waals surface area contributed by atoms with E-state index in [4.69, 9.17) is 15.2 Å². The van der Waals surface area contributed by atoms with Crippen LogP contribution >= 0.6 is 0 Å². The maximum atomic E-state index is 11.7. The van der Waals surface area contributed by atoms with Crippen LogP contribution in [0.15, 0.2) is 6.33 Å². The number of anilines is 1. The van der Waals surface area contributed by atoms with Crippen LogP contribution in [0.3, 0.4) is 0 Å². The Morgan fingerprint density at radius 1 is 1.56 bits per heavy atom. The highest BCUT2D eigenvalue weighted by molar-refractivity contribution is 5.69. The predicted molar refractivity (Wildman–Crippen MR) is 63.6 cm³/mol. The SMILES string of the molecule is CC1CC(OC(=O)Cn2cnc(N)n2)CC(C)O1. The molecule has 7 heteroatoms. The molecular formula is C11H18N4O3. The molecule has 1 aliphatic heterocycles. The van der Waals surface area contributed by atoms with E-state index in [-0.39, 0.29) is 36.8 Å². The molecule has 2 heterocycles. The molecule has 1 saturated heterocycles. The molecule has 2 unspecified atom stereocenters. The van der Waals surface area contributed by atoms with Gasteiger partial charge >= 0.3 is 5.97 Å². The van der Waals surface area contributed by atoms with Crippen molar-refractivity contribution in [3.8, 4) is 0 Å². The summed E-state index contributed by atoms with van der Waals surface area (Å²) in [6.45, 7) is 3.99. The van der Waals surface area contributed by atoms with Gasteiger partial charge in [0.2, 0.25) is 5.95 Å². The standard InChI is InChI=1S/C11H18N4O3/c1-7-3-9(4-8(2)17-7)18-10(16)5-15-6-13-11(12)14-15/h6-9H,3-5H2,1-2H3,(H2,12,14). The molecule has 0 radical (unpaired) electrons. The van der Waals surface area contributed by atoms with Gasteiger partial charge in [0, 0.05) is 12.8 Å². The number of nitrogens with zero attached hydrogens (tertiary/aromatic N) is 3. The number of carbonyl (C=O) groups is 1. The first-order valence-electron chi connectivity index (χ1n) is 6.03. The number of aromatic nitrogens is 3. The molecule has 0 aromatic carbocycles. The zero-order chi connectivity index (χ0) is 13.1. The average molecular weight is 254 g/mol. The lowest BCUT2D eigenvalue weighted by atomic mass is 10.0. The molecule has 0 aliphatic carbocycles. The van der Waals surface area contributed by atoms with E-state index in [0.29, 0.717) is 0 Å². The molecule has 2 N–H and O–H groups in total. The van der Waals surface area contributed by atoms with Crippen LogP contribution < -0.4 is 5.73 Å². The quantitative estimate of drug-likeness (QED) is 0.783. The van der Waals surface area contributed by atoms with Gasteiger partial charge in [-0.2, -0.15) is 0 Å². The minimum absolute atomic E-state index is 0.0321. The summed E-state index contributed by atoms with van der Waals surface area (Å²) in [4.78, 5) is 15.5. The first-order valence-corrected chi connectivity index (χ1v) is 6.03. The van der Waals surface area contributed by atoms with Gasteiger partial charge in [-0.1, -0.05) is 0 Å². The van der Waals surface area contributed by atoms with Crippen molar-refractivity contribution in [3.63, 3.8) is 0 Å². The molecule has 0 amide bonds. The summed E-state index contributed by atoms with van der Waals surface area (Å²) in [6.07, 6.45) is 3.02. The third-order valence-corrected chi connectivity index (χ3v) is 2.80. The number of nitrogens with two attached hydrogens (primary N) is 1. The molecule has 18 heavy (non-hydrogen) atoms. The zero-order valence-corrected chi connectivity index (χ0v) is 10.6. The molecule has 1 aliphatic rings. The van der Waals surface area contributed by atoms with E-state index in [1.165, 1.54) is 11.0 Å². The predicted octanol–water partition coefficient (Wildman–Crippen LogP) is 0.360. The van der Waals surface area contributed by atoms with E-state index in [0.717, 1.165) is 12.8 Å². The van der Waals surface area contributed by atoms with Crippen molar-refractivity contribution in [1.29, 1.82) is 0 Å². The van der Waals surface area contributed by atoms with E-state index in [1.54, 1.807) is 0 Å². The molecular weight excluding hydrogens is 236 g/mol. The lowest BCUT2D eigenvalue weighted by molar-refractivity contribution is -0.160. The fourth-order valence-electron chi connectivity index (χ4n) is 2.18. The summed E-state index contributed by atoms with van der Waals surface area (Å²) < 4.78 is 12.3. The molecule has 2 rings (SSSR count). The van der Waals surface area contributed by atoms with Crippen LogP contribution in [0.1, 0.15) is 26.7 Å². The summed E-state index contributed by atoms with van der Waals surface area (Å²) in [5.41, 5.74) is 5.36. The van der Waals surface area contributed by atoms with Crippen LogP contribution in [0.2, 0.25) is 0 Å². The number of ether oxygens (including phenoxy) is 2. The topological polar surface area (TPSA) is 92.3 Å². The van der Waals surface area contributed by atoms with Gasteiger partial charge in [-0.05, 0) is 13.8 Å². The molecule has 0 spiro atoms. The molecule has 0 saturated carbocycles. The maximum absolute atomic E-state index is 11.7. The van der Waals surface area contributed by atoms with Gasteiger partial charge in [-0.3, -0.25) is 4.79 Å². The summed E-state index contributed by atoms with van der Waals surface area (Å²) in [5.74, 6) is -0.178. The Hall–Kier alpha value is -1.63. The fourth-order valence-corrected chi connectivity index (χ4v) is 2.18. The van der Waals surface area contributed by atoms with Crippen molar-refractivity contribution in [2.45, 2.75) is 51.5 Å². The third kappa shape index (κ3) is 3.43. The first-order chi connectivity index (χ1) is 8.52. The van der Waals surface area contributed by atoms with Gasteiger partial charge in [0.1, 0.15) is 19.0 Å². The summed E-state index contributed by atoms with van der Waals surface area (Å²) in [6, 6.07) is 0. The molecule has 100 valence electrons. The second-order valence-electron chi connectivity index (χ2n) is 4.64. The highest BCUT2D eigenvalue weighted by atomic mass is 16.6. The second-order valence-corrected chi connectivity index (χ2v) is 4.64. The van der Waals surface area contributed by atoms with Crippen LogP contribution in [-0.4, -0.2) is 39.0 Å². The minimum Gasteiger partial charge on any atom is -0.461 e. The number of hydrogen-bond donors (Lipinski definition) is 1. The fraction of sp³-hybridized carbons (Fsp3) is 0.727. The highest BCUT2D eigenvalue weighted by Gasteiger charge is 2.27. The number of nitrogen functional groups attached to an aromatic ring is 1. The molecule has 1 fully saturated rings. The minimum atomic E-state index is -0.328. The van der Waals surface area contributed by atoms with Gasteiger partial charge in [-0.15, -0.1) is 5.10 Å². The first kappa shape index (κ1) is 12.8. The molecule has 7 nitrogen and oxygen atoms in total. The van der Waals surface area contributed by atoms with Crippen LogP contribution in [0.5, 0.6) is 0 Å². The Morgan fingerprint density at radius 3 is 2.78 bits per heavy atom. The Balaban J connectivity index is 1.83. The Morgan fingerprint density at radius 2 is 2.22 bits per heavy atom. The summed E-state index contributed by atoms with van der Waals surface area (Å²) >= 11 is 0. The van der Waals surface area contributed by atoms with E-state index < -0.39 is 0 Å². The molecule has 1 aromatic rings.